The van der Waals surface area contributed by atoms with E-state index in [9.17, 15) is 0 Å². The molecule has 3 atom stereocenters. The summed E-state index contributed by atoms with van der Waals surface area (Å²) < 4.78 is 0. The Morgan fingerprint density at radius 1 is 1.32 bits per heavy atom. The molecule has 0 radical (unpaired) electrons. The van der Waals surface area contributed by atoms with Crippen molar-refractivity contribution < 1.29 is 0 Å². The van der Waals surface area contributed by atoms with Crippen LogP contribution in [0.1, 0.15) is 48.6 Å². The first kappa shape index (κ1) is 11.8. The number of aliphatic imine (C=N–C) groups is 1. The lowest BCUT2D eigenvalue weighted by Crippen LogP contribution is -2.43. The molecular weight excluding hydrogens is 254 g/mol. The number of hydrogen-bond acceptors (Lipinski definition) is 4. The van der Waals surface area contributed by atoms with Crippen LogP contribution >= 0.6 is 11.3 Å². The maximum absolute atomic E-state index is 4.74. The molecule has 2 fully saturated rings. The Morgan fingerprint density at radius 3 is 3.05 bits per heavy atom. The number of aryl methyl sites for hydroxylation is 1. The number of fused-ring (bicyclic) bond motifs is 3. The summed E-state index contributed by atoms with van der Waals surface area (Å²) in [6.45, 7) is 3.22. The van der Waals surface area contributed by atoms with E-state index in [1.807, 2.05) is 11.3 Å². The second-order valence-corrected chi connectivity index (χ2v) is 6.94. The first-order chi connectivity index (χ1) is 9.34. The molecule has 3 aliphatic rings. The van der Waals surface area contributed by atoms with Gasteiger partial charge in [-0.2, -0.15) is 0 Å². The van der Waals surface area contributed by atoms with Gasteiger partial charge in [0.05, 0.1) is 12.1 Å². The van der Waals surface area contributed by atoms with Crippen molar-refractivity contribution in [3.05, 3.63) is 21.9 Å². The van der Waals surface area contributed by atoms with Crippen LogP contribution in [0.4, 0.5) is 0 Å². The van der Waals surface area contributed by atoms with Crippen LogP contribution in [0.2, 0.25) is 0 Å². The molecule has 1 N–H and O–H groups in total. The van der Waals surface area contributed by atoms with Crippen molar-refractivity contribution in [1.82, 2.24) is 10.2 Å². The van der Waals surface area contributed by atoms with Crippen molar-refractivity contribution in [3.63, 3.8) is 0 Å². The Balaban J connectivity index is 1.70. The average Bonchev–Trinajstić information content (AvgIpc) is 3.01. The maximum atomic E-state index is 4.74. The number of rotatable bonds is 1. The van der Waals surface area contributed by atoms with E-state index in [0.29, 0.717) is 18.1 Å². The van der Waals surface area contributed by atoms with E-state index in [2.05, 4.69) is 28.6 Å². The van der Waals surface area contributed by atoms with Gasteiger partial charge in [-0.3, -0.25) is 4.99 Å². The molecule has 3 heterocycles. The van der Waals surface area contributed by atoms with Crippen molar-refractivity contribution in [2.75, 3.05) is 6.54 Å². The molecule has 1 aromatic heterocycles. The van der Waals surface area contributed by atoms with Crippen LogP contribution in [0.3, 0.4) is 0 Å². The van der Waals surface area contributed by atoms with E-state index in [0.717, 1.165) is 6.54 Å². The van der Waals surface area contributed by atoms with Gasteiger partial charge >= 0.3 is 0 Å². The lowest BCUT2D eigenvalue weighted by molar-refractivity contribution is 0.190. The second-order valence-electron chi connectivity index (χ2n) is 5.99. The molecule has 1 saturated heterocycles. The summed E-state index contributed by atoms with van der Waals surface area (Å²) in [5, 5.41) is 5.92. The molecule has 1 aromatic rings. The predicted molar refractivity (Wildman–Crippen MR) is 79.7 cm³/mol. The number of guanidine groups is 1. The Kier molecular flexibility index (Phi) is 2.79. The smallest absolute Gasteiger partial charge is 0.195 e. The van der Waals surface area contributed by atoms with Crippen molar-refractivity contribution in [2.24, 2.45) is 4.99 Å². The van der Waals surface area contributed by atoms with Gasteiger partial charge in [0, 0.05) is 17.5 Å². The van der Waals surface area contributed by atoms with Crippen LogP contribution in [0.15, 0.2) is 16.4 Å². The third kappa shape index (κ3) is 1.80. The fourth-order valence-corrected chi connectivity index (χ4v) is 4.99. The molecule has 3 unspecified atom stereocenters. The summed E-state index contributed by atoms with van der Waals surface area (Å²) in [4.78, 5) is 8.91. The van der Waals surface area contributed by atoms with Crippen LogP contribution in [0.25, 0.3) is 0 Å². The molecule has 102 valence electrons. The highest BCUT2D eigenvalue weighted by atomic mass is 32.1. The molecule has 0 spiro atoms. The summed E-state index contributed by atoms with van der Waals surface area (Å²) in [6.07, 6.45) is 6.57. The zero-order chi connectivity index (χ0) is 12.8. The zero-order valence-electron chi connectivity index (χ0n) is 11.4. The van der Waals surface area contributed by atoms with E-state index in [1.54, 1.807) is 4.88 Å². The fraction of sp³-hybridized carbons (Fsp3) is 0.667. The third-order valence-corrected chi connectivity index (χ3v) is 5.97. The standard InChI is InChI=1S/C15H21N3S/c1-10-7-9-19-14(10)13-6-8-16-15-17-11-4-2-3-5-12(11)18(13)15/h7,9,11-13H,2-6,8H2,1H3,(H,16,17). The monoisotopic (exact) mass is 275 g/mol. The summed E-state index contributed by atoms with van der Waals surface area (Å²) in [5.74, 6) is 1.18. The highest BCUT2D eigenvalue weighted by Gasteiger charge is 2.44. The molecule has 3 nitrogen and oxygen atoms in total. The molecular formula is C15H21N3S. The predicted octanol–water partition coefficient (Wildman–Crippen LogP) is 3.07. The van der Waals surface area contributed by atoms with Gasteiger partial charge in [0.2, 0.25) is 0 Å². The molecule has 4 rings (SSSR count). The van der Waals surface area contributed by atoms with Crippen molar-refractivity contribution in [2.45, 2.75) is 57.2 Å². The quantitative estimate of drug-likeness (QED) is 0.853. The van der Waals surface area contributed by atoms with Gasteiger partial charge < -0.3 is 10.2 Å². The van der Waals surface area contributed by atoms with E-state index < -0.39 is 0 Å². The van der Waals surface area contributed by atoms with Crippen LogP contribution in [0.5, 0.6) is 0 Å². The van der Waals surface area contributed by atoms with Crippen molar-refractivity contribution in [3.8, 4) is 0 Å². The van der Waals surface area contributed by atoms with E-state index >= 15 is 0 Å². The van der Waals surface area contributed by atoms with Gasteiger partial charge in [0.15, 0.2) is 5.96 Å². The Morgan fingerprint density at radius 2 is 2.21 bits per heavy atom. The highest BCUT2D eigenvalue weighted by molar-refractivity contribution is 7.10. The molecule has 0 amide bonds. The van der Waals surface area contributed by atoms with Crippen LogP contribution in [-0.2, 0) is 0 Å². The molecule has 0 bridgehead atoms. The Hall–Kier alpha value is -1.03. The number of nitrogens with one attached hydrogen (secondary N) is 1. The van der Waals surface area contributed by atoms with Crippen LogP contribution < -0.4 is 5.32 Å². The van der Waals surface area contributed by atoms with Gasteiger partial charge in [0.1, 0.15) is 0 Å². The minimum absolute atomic E-state index is 0.563. The molecule has 1 aliphatic carbocycles. The first-order valence-corrected chi connectivity index (χ1v) is 8.36. The minimum Gasteiger partial charge on any atom is -0.351 e. The normalized spacial score (nSPS) is 33.4. The summed E-state index contributed by atoms with van der Waals surface area (Å²) in [7, 11) is 0. The highest BCUT2D eigenvalue weighted by Crippen LogP contribution is 2.40. The first-order valence-electron chi connectivity index (χ1n) is 7.48. The number of hydrogen-bond donors (Lipinski definition) is 1. The van der Waals surface area contributed by atoms with Gasteiger partial charge in [-0.05, 0) is 43.2 Å². The molecule has 4 heteroatoms. The molecule has 2 aliphatic heterocycles. The summed E-state index contributed by atoms with van der Waals surface area (Å²) in [5.41, 5.74) is 1.45. The van der Waals surface area contributed by atoms with E-state index in [4.69, 9.17) is 4.99 Å². The Labute approximate surface area is 118 Å². The Bertz CT molecular complexity index is 507. The largest absolute Gasteiger partial charge is 0.351 e. The van der Waals surface area contributed by atoms with Gasteiger partial charge in [0.25, 0.3) is 0 Å². The third-order valence-electron chi connectivity index (χ3n) is 4.85. The topological polar surface area (TPSA) is 27.6 Å². The van der Waals surface area contributed by atoms with Gasteiger partial charge in [-0.1, -0.05) is 12.8 Å². The average molecular weight is 275 g/mol. The maximum Gasteiger partial charge on any atom is 0.195 e. The minimum atomic E-state index is 0.563. The molecule has 0 aromatic carbocycles. The zero-order valence-corrected chi connectivity index (χ0v) is 12.2. The summed E-state index contributed by atoms with van der Waals surface area (Å²) in [6, 6.07) is 4.15. The number of nitrogens with zero attached hydrogens (tertiary/aromatic N) is 2. The van der Waals surface area contributed by atoms with Gasteiger partial charge in [-0.15, -0.1) is 11.3 Å². The van der Waals surface area contributed by atoms with Crippen molar-refractivity contribution >= 4 is 17.3 Å². The van der Waals surface area contributed by atoms with Crippen LogP contribution in [0, 0.1) is 6.92 Å². The lowest BCUT2D eigenvalue weighted by Gasteiger charge is -2.38. The van der Waals surface area contributed by atoms with Gasteiger partial charge in [-0.25, -0.2) is 0 Å². The van der Waals surface area contributed by atoms with Crippen LogP contribution in [-0.4, -0.2) is 29.5 Å². The summed E-state index contributed by atoms with van der Waals surface area (Å²) >= 11 is 1.92. The van der Waals surface area contributed by atoms with Crippen molar-refractivity contribution in [1.29, 1.82) is 0 Å². The molecule has 19 heavy (non-hydrogen) atoms. The number of thiophene rings is 1. The second kappa shape index (κ2) is 4.51. The SMILES string of the molecule is Cc1ccsc1C1CCN=C2NC3CCCCC3N21. The lowest BCUT2D eigenvalue weighted by atomic mass is 9.89. The van der Waals surface area contributed by atoms with E-state index in [1.165, 1.54) is 43.6 Å². The van der Waals surface area contributed by atoms with E-state index in [-0.39, 0.29) is 0 Å². The fourth-order valence-electron chi connectivity index (χ4n) is 3.93. The molecule has 1 saturated carbocycles.